The predicted octanol–water partition coefficient (Wildman–Crippen LogP) is 0.488. The maximum absolute atomic E-state index is 11.6. The Labute approximate surface area is 88.5 Å². The van der Waals surface area contributed by atoms with E-state index in [4.69, 9.17) is 13.2 Å². The highest BCUT2D eigenvalue weighted by molar-refractivity contribution is 6.00. The summed E-state index contributed by atoms with van der Waals surface area (Å²) in [4.78, 5) is 15.5. The van der Waals surface area contributed by atoms with Gasteiger partial charge in [0.05, 0.1) is 9.35 Å². The van der Waals surface area contributed by atoms with Crippen molar-refractivity contribution in [2.24, 2.45) is 0 Å². The quantitative estimate of drug-likeness (QED) is 0.726. The molecule has 15 heavy (non-hydrogen) atoms. The van der Waals surface area contributed by atoms with Crippen LogP contribution in [0.1, 0.15) is 20.0 Å². The van der Waals surface area contributed by atoms with Gasteiger partial charge in [0.2, 0.25) is 0 Å². The first-order valence-corrected chi connectivity index (χ1v) is 4.34. The van der Waals surface area contributed by atoms with E-state index in [1.807, 2.05) is 0 Å². The molecule has 0 aromatic carbocycles. The van der Waals surface area contributed by atoms with Crippen molar-refractivity contribution in [1.82, 2.24) is 14.6 Å². The number of ether oxygens (including phenoxy) is 1. The Morgan fingerprint density at radius 1 is 1.80 bits per heavy atom. The summed E-state index contributed by atoms with van der Waals surface area (Å²) in [5, 5.41) is 3.82. The number of carbonyl (C=O) groups excluding carboxylic acids is 1. The van der Waals surface area contributed by atoms with E-state index in [1.54, 1.807) is 6.92 Å². The highest BCUT2D eigenvalue weighted by Gasteiger charge is 2.19. The van der Waals surface area contributed by atoms with Crippen LogP contribution in [0.4, 0.5) is 5.82 Å². The zero-order valence-electron chi connectivity index (χ0n) is 10.0. The number of hydrogen-bond donors (Lipinski definition) is 1. The lowest BCUT2D eigenvalue weighted by Gasteiger charge is -1.99. The van der Waals surface area contributed by atoms with Gasteiger partial charge in [0.15, 0.2) is 11.5 Å². The molecule has 0 amide bonds. The number of fused-ring (bicyclic) bond motifs is 1. The van der Waals surface area contributed by atoms with Crippen LogP contribution >= 0.6 is 0 Å². The van der Waals surface area contributed by atoms with E-state index in [9.17, 15) is 4.79 Å². The van der Waals surface area contributed by atoms with Gasteiger partial charge in [0.25, 0.3) is 0 Å². The van der Waals surface area contributed by atoms with Gasteiger partial charge in [-0.3, -0.25) is 0 Å². The largest absolute Gasteiger partial charge is 0.462 e. The molecular weight excluding hydrogens is 196 g/mol. The molecule has 0 fully saturated rings. The summed E-state index contributed by atoms with van der Waals surface area (Å²) in [5.41, 5.74) is 5.65. The fraction of sp³-hybridized carbons (Fsp3) is 0.222. The third kappa shape index (κ3) is 1.50. The lowest BCUT2D eigenvalue weighted by molar-refractivity contribution is 0.0529. The second-order valence-corrected chi connectivity index (χ2v) is 2.73. The zero-order valence-corrected chi connectivity index (χ0v) is 8.02. The normalized spacial score (nSPS) is 12.3. The van der Waals surface area contributed by atoms with Crippen LogP contribution in [0.5, 0.6) is 0 Å². The second-order valence-electron chi connectivity index (χ2n) is 2.73. The average Bonchev–Trinajstić information content (AvgIpc) is 2.55. The number of nitrogens with two attached hydrogens (primary N) is 1. The predicted molar refractivity (Wildman–Crippen MR) is 53.4 cm³/mol. The number of anilines is 1. The molecule has 0 atom stereocenters. The smallest absolute Gasteiger partial charge is 0.345 e. The Balaban J connectivity index is 2.70. The lowest BCUT2D eigenvalue weighted by atomic mass is 10.3. The number of esters is 1. The molecule has 2 aromatic rings. The van der Waals surface area contributed by atoms with E-state index >= 15 is 0 Å². The molecule has 0 aliphatic heterocycles. The fourth-order valence-corrected chi connectivity index (χ4v) is 1.20. The molecular formula is C9H10N4O2. The van der Waals surface area contributed by atoms with E-state index < -0.39 is 5.97 Å². The van der Waals surface area contributed by atoms with E-state index in [-0.39, 0.29) is 36.0 Å². The third-order valence-corrected chi connectivity index (χ3v) is 1.79. The Bertz CT molecular complexity index is 596. The van der Waals surface area contributed by atoms with E-state index in [1.165, 1.54) is 6.07 Å². The van der Waals surface area contributed by atoms with Gasteiger partial charge in [-0.15, -0.1) is 5.10 Å². The van der Waals surface area contributed by atoms with Crippen molar-refractivity contribution in [2.75, 3.05) is 12.3 Å². The number of aromatic nitrogens is 3. The van der Waals surface area contributed by atoms with Crippen molar-refractivity contribution in [3.05, 3.63) is 24.0 Å². The van der Waals surface area contributed by atoms with Gasteiger partial charge in [0, 0.05) is 12.3 Å². The molecule has 0 bridgehead atoms. The zero-order chi connectivity index (χ0) is 12.6. The lowest BCUT2D eigenvalue weighted by Crippen LogP contribution is -2.07. The fourth-order valence-electron chi connectivity index (χ4n) is 1.20. The minimum absolute atomic E-state index is 0.00514. The molecule has 0 saturated heterocycles. The van der Waals surface area contributed by atoms with E-state index in [0.717, 1.165) is 4.52 Å². The molecule has 0 spiro atoms. The average molecular weight is 208 g/mol. The Morgan fingerprint density at radius 3 is 3.33 bits per heavy atom. The van der Waals surface area contributed by atoms with Crippen LogP contribution in [0.25, 0.3) is 5.65 Å². The molecule has 6 heteroatoms. The molecule has 0 unspecified atom stereocenters. The highest BCUT2D eigenvalue weighted by Crippen LogP contribution is 2.16. The SMILES string of the molecule is [2H]c1cc([2H])n2nc(N)c(C(=O)OCC)c2n1. The molecule has 2 heterocycles. The summed E-state index contributed by atoms with van der Waals surface area (Å²) in [7, 11) is 0. The van der Waals surface area contributed by atoms with E-state index in [2.05, 4.69) is 10.1 Å². The third-order valence-electron chi connectivity index (χ3n) is 1.79. The second kappa shape index (κ2) is 3.56. The van der Waals surface area contributed by atoms with Gasteiger partial charge < -0.3 is 10.5 Å². The Hall–Kier alpha value is -2.11. The van der Waals surface area contributed by atoms with Crippen LogP contribution in [0.15, 0.2) is 18.4 Å². The maximum Gasteiger partial charge on any atom is 0.345 e. The molecule has 0 saturated carbocycles. The standard InChI is InChI=1S/C9H10N4O2/c1-2-15-9(14)6-7(10)12-13-5-3-4-11-8(6)13/h3-5H,2H2,1H3,(H2,10,12)/i4D,5D. The molecule has 0 aliphatic carbocycles. The van der Waals surface area contributed by atoms with Crippen molar-refractivity contribution >= 4 is 17.4 Å². The van der Waals surface area contributed by atoms with Crippen LogP contribution in [-0.4, -0.2) is 27.2 Å². The van der Waals surface area contributed by atoms with Gasteiger partial charge in [0.1, 0.15) is 5.56 Å². The summed E-state index contributed by atoms with van der Waals surface area (Å²) in [5.74, 6) is -0.715. The van der Waals surface area contributed by atoms with Crippen LogP contribution < -0.4 is 5.73 Å². The maximum atomic E-state index is 11.6. The molecule has 2 rings (SSSR count). The van der Waals surface area contributed by atoms with Crippen LogP contribution in [0, 0.1) is 0 Å². The Morgan fingerprint density at radius 2 is 2.60 bits per heavy atom. The van der Waals surface area contributed by atoms with Crippen molar-refractivity contribution in [3.63, 3.8) is 0 Å². The number of nitrogen functional groups attached to an aromatic ring is 1. The molecule has 0 radical (unpaired) electrons. The minimum atomic E-state index is -0.655. The highest BCUT2D eigenvalue weighted by atomic mass is 16.5. The topological polar surface area (TPSA) is 82.5 Å². The first kappa shape index (κ1) is 7.22. The van der Waals surface area contributed by atoms with Gasteiger partial charge >= 0.3 is 5.97 Å². The van der Waals surface area contributed by atoms with Crippen LogP contribution in [0.2, 0.25) is 0 Å². The van der Waals surface area contributed by atoms with Crippen molar-refractivity contribution < 1.29 is 12.3 Å². The summed E-state index contributed by atoms with van der Waals surface area (Å²) in [6.07, 6.45) is -0.199. The summed E-state index contributed by atoms with van der Waals surface area (Å²) in [6.45, 7) is 1.86. The van der Waals surface area contributed by atoms with Gasteiger partial charge in [-0.25, -0.2) is 14.3 Å². The first-order valence-electron chi connectivity index (χ1n) is 5.34. The van der Waals surface area contributed by atoms with Crippen molar-refractivity contribution in [2.45, 2.75) is 6.92 Å². The van der Waals surface area contributed by atoms with Gasteiger partial charge in [-0.2, -0.15) is 0 Å². The van der Waals surface area contributed by atoms with Crippen molar-refractivity contribution in [3.8, 4) is 0 Å². The van der Waals surface area contributed by atoms with Gasteiger partial charge in [-0.05, 0) is 13.0 Å². The molecule has 78 valence electrons. The van der Waals surface area contributed by atoms with Gasteiger partial charge in [-0.1, -0.05) is 0 Å². The Kier molecular flexibility index (Phi) is 1.71. The van der Waals surface area contributed by atoms with E-state index in [0.29, 0.717) is 0 Å². The molecule has 2 aromatic heterocycles. The van der Waals surface area contributed by atoms with Crippen LogP contribution in [0.3, 0.4) is 0 Å². The number of nitrogens with zero attached hydrogens (tertiary/aromatic N) is 3. The molecule has 6 nitrogen and oxygen atoms in total. The monoisotopic (exact) mass is 208 g/mol. The summed E-state index contributed by atoms with van der Waals surface area (Å²) in [6, 6.07) is 1.20. The number of hydrogen-bond acceptors (Lipinski definition) is 5. The number of carbonyl (C=O) groups is 1. The first-order chi connectivity index (χ1) is 8.04. The minimum Gasteiger partial charge on any atom is -0.462 e. The number of rotatable bonds is 2. The summed E-state index contributed by atoms with van der Waals surface area (Å²) >= 11 is 0. The van der Waals surface area contributed by atoms with Crippen LogP contribution in [-0.2, 0) is 4.74 Å². The molecule has 2 N–H and O–H groups in total. The summed E-state index contributed by atoms with van der Waals surface area (Å²) < 4.78 is 20.9. The van der Waals surface area contributed by atoms with Crippen molar-refractivity contribution in [1.29, 1.82) is 0 Å². The molecule has 0 aliphatic rings.